The number of nitrogens with zero attached hydrogens (tertiary/aromatic N) is 2. The van der Waals surface area contributed by atoms with E-state index in [1.54, 1.807) is 12.1 Å². The third kappa shape index (κ3) is 5.33. The van der Waals surface area contributed by atoms with E-state index in [9.17, 15) is 13.2 Å². The third-order valence-corrected chi connectivity index (χ3v) is 5.95. The molecule has 0 aliphatic carbocycles. The van der Waals surface area contributed by atoms with Crippen molar-refractivity contribution in [2.75, 3.05) is 38.6 Å². The van der Waals surface area contributed by atoms with Crippen LogP contribution in [0.25, 0.3) is 0 Å². The number of benzene rings is 1. The minimum atomic E-state index is -3.61. The summed E-state index contributed by atoms with van der Waals surface area (Å²) in [4.78, 5) is 14.9. The Morgan fingerprint density at radius 1 is 1.27 bits per heavy atom. The van der Waals surface area contributed by atoms with Crippen LogP contribution in [0.2, 0.25) is 0 Å². The molecule has 0 bridgehead atoms. The number of nitrogens with one attached hydrogen (secondary N) is 1. The molecule has 1 fully saturated rings. The van der Waals surface area contributed by atoms with Gasteiger partial charge in [-0.25, -0.2) is 12.7 Å². The number of carbonyl (C=O) groups is 1. The smallest absolute Gasteiger partial charge is 0.253 e. The van der Waals surface area contributed by atoms with Crippen LogP contribution in [0.4, 0.5) is 5.69 Å². The van der Waals surface area contributed by atoms with Crippen LogP contribution < -0.4 is 16.0 Å². The summed E-state index contributed by atoms with van der Waals surface area (Å²) < 4.78 is 26.0. The van der Waals surface area contributed by atoms with Crippen molar-refractivity contribution >= 4 is 34.0 Å². The maximum Gasteiger partial charge on any atom is 0.253 e. The zero-order valence-electron chi connectivity index (χ0n) is 15.8. The summed E-state index contributed by atoms with van der Waals surface area (Å²) in [6, 6.07) is 4.75. The fourth-order valence-electron chi connectivity index (χ4n) is 2.71. The Bertz CT molecular complexity index is 739. The van der Waals surface area contributed by atoms with Gasteiger partial charge in [0.15, 0.2) is 0 Å². The Morgan fingerprint density at radius 3 is 2.35 bits per heavy atom. The number of rotatable bonds is 6. The number of nitrogens with two attached hydrogens (primary N) is 1. The van der Waals surface area contributed by atoms with Crippen molar-refractivity contribution < 1.29 is 13.2 Å². The number of amides is 1. The second kappa shape index (κ2) is 8.56. The first-order chi connectivity index (χ1) is 11.5. The normalized spacial score (nSPS) is 15.1. The molecule has 0 saturated carbocycles. The zero-order chi connectivity index (χ0) is 18.8. The van der Waals surface area contributed by atoms with Crippen molar-refractivity contribution in [3.63, 3.8) is 0 Å². The predicted molar refractivity (Wildman–Crippen MR) is 107 cm³/mol. The Kier molecular flexibility index (Phi) is 7.47. The van der Waals surface area contributed by atoms with Gasteiger partial charge in [-0.1, -0.05) is 0 Å². The highest BCUT2D eigenvalue weighted by Crippen LogP contribution is 2.28. The van der Waals surface area contributed by atoms with E-state index in [1.165, 1.54) is 20.2 Å². The molecule has 0 spiro atoms. The largest absolute Gasteiger partial charge is 0.371 e. The molecule has 0 unspecified atom stereocenters. The molecule has 148 valence electrons. The van der Waals surface area contributed by atoms with Crippen LogP contribution in [-0.4, -0.2) is 57.9 Å². The fourth-order valence-corrected chi connectivity index (χ4v) is 3.63. The van der Waals surface area contributed by atoms with Gasteiger partial charge < -0.3 is 16.0 Å². The first-order valence-corrected chi connectivity index (χ1v) is 9.85. The van der Waals surface area contributed by atoms with E-state index < -0.39 is 15.6 Å². The summed E-state index contributed by atoms with van der Waals surface area (Å²) in [5.41, 5.74) is 6.52. The molecule has 26 heavy (non-hydrogen) atoms. The van der Waals surface area contributed by atoms with Crippen molar-refractivity contribution in [2.45, 2.75) is 37.1 Å². The molecule has 0 atom stereocenters. The number of hydrogen-bond acceptors (Lipinski definition) is 5. The van der Waals surface area contributed by atoms with Crippen LogP contribution in [0, 0.1) is 0 Å². The molecule has 1 saturated heterocycles. The van der Waals surface area contributed by atoms with Crippen LogP contribution in [0.5, 0.6) is 0 Å². The van der Waals surface area contributed by atoms with Crippen molar-refractivity contribution in [3.8, 4) is 0 Å². The molecule has 3 N–H and O–H groups in total. The number of sulfonamides is 1. The molecule has 1 aromatic carbocycles. The average Bonchev–Trinajstić information content (AvgIpc) is 3.05. The summed E-state index contributed by atoms with van der Waals surface area (Å²) in [5.74, 6) is -0.309. The molecular weight excluding hydrogens is 376 g/mol. The first-order valence-electron chi connectivity index (χ1n) is 8.41. The van der Waals surface area contributed by atoms with E-state index in [4.69, 9.17) is 5.73 Å². The minimum Gasteiger partial charge on any atom is -0.371 e. The standard InChI is InChI=1S/C17H28N4O3S.ClH/c1-17(2,18)12-19-16(22)14-11-13(25(23,24)20(3)4)7-8-15(14)21-9-5-6-10-21;/h7-8,11H,5-6,9-10,12,18H2,1-4H3,(H,19,22);1H. The van der Waals surface area contributed by atoms with Gasteiger partial charge in [-0.3, -0.25) is 4.79 Å². The molecule has 1 aliphatic rings. The van der Waals surface area contributed by atoms with E-state index in [1.807, 2.05) is 13.8 Å². The monoisotopic (exact) mass is 404 g/mol. The second-order valence-corrected chi connectivity index (χ2v) is 9.48. The SMILES string of the molecule is CN(C)S(=O)(=O)c1ccc(N2CCCC2)c(C(=O)NCC(C)(C)N)c1.Cl. The summed E-state index contributed by atoms with van der Waals surface area (Å²) >= 11 is 0. The Hall–Kier alpha value is -1.35. The number of halogens is 1. The Balaban J connectivity index is 0.00000338. The molecule has 1 heterocycles. The van der Waals surface area contributed by atoms with Crippen LogP contribution in [0.3, 0.4) is 0 Å². The van der Waals surface area contributed by atoms with Crippen molar-refractivity contribution in [1.82, 2.24) is 9.62 Å². The van der Waals surface area contributed by atoms with E-state index in [0.29, 0.717) is 12.1 Å². The number of anilines is 1. The second-order valence-electron chi connectivity index (χ2n) is 7.33. The lowest BCUT2D eigenvalue weighted by molar-refractivity contribution is 0.0946. The predicted octanol–water partition coefficient (Wildman–Crippen LogP) is 1.43. The van der Waals surface area contributed by atoms with Crippen LogP contribution >= 0.6 is 12.4 Å². The number of hydrogen-bond donors (Lipinski definition) is 2. The highest BCUT2D eigenvalue weighted by atomic mass is 35.5. The van der Waals surface area contributed by atoms with Gasteiger partial charge in [-0.15, -0.1) is 12.4 Å². The maximum absolute atomic E-state index is 12.7. The Labute approximate surface area is 162 Å². The summed E-state index contributed by atoms with van der Waals surface area (Å²) in [6.07, 6.45) is 2.13. The fraction of sp³-hybridized carbons (Fsp3) is 0.588. The van der Waals surface area contributed by atoms with Gasteiger partial charge in [0.1, 0.15) is 0 Å². The summed E-state index contributed by atoms with van der Waals surface area (Å²) in [5, 5.41) is 2.81. The van der Waals surface area contributed by atoms with Gasteiger partial charge >= 0.3 is 0 Å². The molecule has 9 heteroatoms. The van der Waals surface area contributed by atoms with Gasteiger partial charge in [0.25, 0.3) is 5.91 Å². The maximum atomic E-state index is 12.7. The average molecular weight is 405 g/mol. The molecule has 7 nitrogen and oxygen atoms in total. The van der Waals surface area contributed by atoms with Gasteiger partial charge in [0, 0.05) is 45.0 Å². The third-order valence-electron chi connectivity index (χ3n) is 4.14. The molecule has 0 radical (unpaired) electrons. The lowest BCUT2D eigenvalue weighted by atomic mass is 10.1. The summed E-state index contributed by atoms with van der Waals surface area (Å²) in [6.45, 7) is 5.67. The van der Waals surface area contributed by atoms with Gasteiger partial charge in [0.05, 0.1) is 10.5 Å². The van der Waals surface area contributed by atoms with Crippen molar-refractivity contribution in [2.24, 2.45) is 5.73 Å². The van der Waals surface area contributed by atoms with E-state index >= 15 is 0 Å². The van der Waals surface area contributed by atoms with Crippen LogP contribution in [0.15, 0.2) is 23.1 Å². The molecule has 1 aromatic rings. The quantitative estimate of drug-likeness (QED) is 0.747. The molecular formula is C17H29ClN4O3S. The van der Waals surface area contributed by atoms with Crippen molar-refractivity contribution in [3.05, 3.63) is 23.8 Å². The van der Waals surface area contributed by atoms with E-state index in [0.717, 1.165) is 35.9 Å². The first kappa shape index (κ1) is 22.7. The van der Waals surface area contributed by atoms with E-state index in [2.05, 4.69) is 10.2 Å². The lowest BCUT2D eigenvalue weighted by Gasteiger charge is -2.24. The number of carbonyl (C=O) groups excluding carboxylic acids is 1. The minimum absolute atomic E-state index is 0. The highest BCUT2D eigenvalue weighted by Gasteiger charge is 2.25. The highest BCUT2D eigenvalue weighted by molar-refractivity contribution is 7.89. The van der Waals surface area contributed by atoms with Gasteiger partial charge in [-0.05, 0) is 44.9 Å². The Morgan fingerprint density at radius 2 is 1.85 bits per heavy atom. The van der Waals surface area contributed by atoms with Crippen LogP contribution in [0.1, 0.15) is 37.0 Å². The van der Waals surface area contributed by atoms with Gasteiger partial charge in [0.2, 0.25) is 10.0 Å². The van der Waals surface area contributed by atoms with Crippen LogP contribution in [-0.2, 0) is 10.0 Å². The lowest BCUT2D eigenvalue weighted by Crippen LogP contribution is -2.45. The summed E-state index contributed by atoms with van der Waals surface area (Å²) in [7, 11) is -0.661. The van der Waals surface area contributed by atoms with Gasteiger partial charge in [-0.2, -0.15) is 0 Å². The zero-order valence-corrected chi connectivity index (χ0v) is 17.4. The molecule has 2 rings (SSSR count). The topological polar surface area (TPSA) is 95.7 Å². The molecule has 0 aromatic heterocycles. The van der Waals surface area contributed by atoms with E-state index in [-0.39, 0.29) is 23.2 Å². The molecule has 1 aliphatic heterocycles. The molecule has 1 amide bonds. The van der Waals surface area contributed by atoms with Crippen molar-refractivity contribution in [1.29, 1.82) is 0 Å².